The molecule has 1 aliphatic rings. The number of amides is 2. The van der Waals surface area contributed by atoms with Crippen molar-refractivity contribution >= 4 is 23.4 Å². The van der Waals surface area contributed by atoms with E-state index in [2.05, 4.69) is 5.32 Å². The van der Waals surface area contributed by atoms with Gasteiger partial charge in [0.05, 0.1) is 30.4 Å². The molecule has 138 valence electrons. The van der Waals surface area contributed by atoms with Crippen LogP contribution in [0.1, 0.15) is 30.1 Å². The summed E-state index contributed by atoms with van der Waals surface area (Å²) in [5, 5.41) is 3.24. The summed E-state index contributed by atoms with van der Waals surface area (Å²) in [6.45, 7) is 3.18. The lowest BCUT2D eigenvalue weighted by Gasteiger charge is -2.31. The number of rotatable bonds is 8. The third kappa shape index (κ3) is 5.88. The van der Waals surface area contributed by atoms with E-state index in [-0.39, 0.29) is 24.7 Å². The van der Waals surface area contributed by atoms with E-state index in [0.717, 1.165) is 6.42 Å². The van der Waals surface area contributed by atoms with E-state index in [4.69, 9.17) is 31.5 Å². The second-order valence-electron chi connectivity index (χ2n) is 5.75. The fourth-order valence-corrected chi connectivity index (χ4v) is 2.70. The number of hydrogen-bond acceptors (Lipinski definition) is 5. The van der Waals surface area contributed by atoms with Crippen LogP contribution in [0.3, 0.4) is 0 Å². The normalized spacial score (nSPS) is 20.1. The molecule has 1 saturated heterocycles. The van der Waals surface area contributed by atoms with Gasteiger partial charge in [-0.15, -0.1) is 0 Å². The smallest absolute Gasteiger partial charge is 0.251 e. The van der Waals surface area contributed by atoms with Gasteiger partial charge in [0, 0.05) is 12.2 Å². The van der Waals surface area contributed by atoms with Gasteiger partial charge >= 0.3 is 0 Å². The molecule has 0 unspecified atom stereocenters. The molecule has 1 aliphatic heterocycles. The molecule has 2 amide bonds. The van der Waals surface area contributed by atoms with E-state index in [1.165, 1.54) is 0 Å². The summed E-state index contributed by atoms with van der Waals surface area (Å²) in [5.74, 6) is -0.304. The van der Waals surface area contributed by atoms with Crippen LogP contribution in [0.15, 0.2) is 18.2 Å². The van der Waals surface area contributed by atoms with Crippen LogP contribution in [0.25, 0.3) is 0 Å². The largest absolute Gasteiger partial charge is 0.492 e. The van der Waals surface area contributed by atoms with Gasteiger partial charge in [0.25, 0.3) is 5.91 Å². The highest BCUT2D eigenvalue weighted by atomic mass is 35.5. The first-order chi connectivity index (χ1) is 12.0. The Balaban J connectivity index is 1.99. The molecule has 0 aliphatic carbocycles. The van der Waals surface area contributed by atoms with Crippen molar-refractivity contribution in [3.8, 4) is 5.75 Å². The van der Waals surface area contributed by atoms with Crippen LogP contribution in [-0.2, 0) is 14.3 Å². The summed E-state index contributed by atoms with van der Waals surface area (Å²) in [7, 11) is 0. The minimum absolute atomic E-state index is 0.188. The van der Waals surface area contributed by atoms with Crippen molar-refractivity contribution in [1.29, 1.82) is 0 Å². The first-order valence-corrected chi connectivity index (χ1v) is 8.60. The first kappa shape index (κ1) is 19.5. The van der Waals surface area contributed by atoms with E-state index < -0.39 is 5.91 Å². The summed E-state index contributed by atoms with van der Waals surface area (Å²) in [6.07, 6.45) is 1.11. The molecule has 0 saturated carbocycles. The van der Waals surface area contributed by atoms with Crippen LogP contribution in [0.2, 0.25) is 5.02 Å². The molecular weight excluding hydrogens is 348 g/mol. The van der Waals surface area contributed by atoms with Crippen LogP contribution in [-0.4, -0.2) is 50.4 Å². The van der Waals surface area contributed by atoms with Crippen molar-refractivity contribution < 1.29 is 23.8 Å². The zero-order chi connectivity index (χ0) is 18.2. The first-order valence-electron chi connectivity index (χ1n) is 8.22. The summed E-state index contributed by atoms with van der Waals surface area (Å²) in [6, 6.07) is 4.51. The van der Waals surface area contributed by atoms with Crippen LogP contribution < -0.4 is 15.8 Å². The van der Waals surface area contributed by atoms with Crippen LogP contribution >= 0.6 is 11.6 Å². The molecule has 25 heavy (non-hydrogen) atoms. The number of nitrogens with one attached hydrogen (secondary N) is 1. The topological polar surface area (TPSA) is 99.9 Å². The second kappa shape index (κ2) is 9.60. The number of benzene rings is 1. The number of halogens is 1. The summed E-state index contributed by atoms with van der Waals surface area (Å²) >= 11 is 6.16. The molecule has 0 radical (unpaired) electrons. The van der Waals surface area contributed by atoms with Gasteiger partial charge in [-0.2, -0.15) is 0 Å². The molecule has 1 aromatic rings. The highest BCUT2D eigenvalue weighted by Gasteiger charge is 2.28. The average Bonchev–Trinajstić information content (AvgIpc) is 2.59. The highest BCUT2D eigenvalue weighted by Crippen LogP contribution is 2.25. The fraction of sp³-hybridized carbons (Fsp3) is 0.529. The lowest BCUT2D eigenvalue weighted by Crippen LogP contribution is -2.51. The Kier molecular flexibility index (Phi) is 7.49. The number of ether oxygens (including phenoxy) is 3. The van der Waals surface area contributed by atoms with E-state index in [1.54, 1.807) is 18.2 Å². The maximum absolute atomic E-state index is 12.5. The van der Waals surface area contributed by atoms with Gasteiger partial charge in [-0.25, -0.2) is 0 Å². The summed E-state index contributed by atoms with van der Waals surface area (Å²) in [4.78, 5) is 23.3. The molecule has 1 fully saturated rings. The van der Waals surface area contributed by atoms with Gasteiger partial charge in [0.15, 0.2) is 0 Å². The van der Waals surface area contributed by atoms with Gasteiger partial charge in [0.1, 0.15) is 12.4 Å². The monoisotopic (exact) mass is 370 g/mol. The molecular formula is C17H23ClN2O5. The Morgan fingerprint density at radius 1 is 1.44 bits per heavy atom. The van der Waals surface area contributed by atoms with Gasteiger partial charge < -0.3 is 25.3 Å². The highest BCUT2D eigenvalue weighted by molar-refractivity contribution is 6.32. The van der Waals surface area contributed by atoms with Crippen molar-refractivity contribution in [2.75, 3.05) is 26.4 Å². The number of nitrogens with two attached hydrogens (primary N) is 1. The van der Waals surface area contributed by atoms with Crippen LogP contribution in [0.5, 0.6) is 5.75 Å². The summed E-state index contributed by atoms with van der Waals surface area (Å²) in [5.41, 5.74) is 5.51. The maximum atomic E-state index is 12.5. The van der Waals surface area contributed by atoms with Crippen molar-refractivity contribution in [2.24, 2.45) is 5.73 Å². The molecule has 1 heterocycles. The predicted octanol–water partition coefficient (Wildman–Crippen LogP) is 1.52. The Labute approximate surface area is 151 Å². The molecule has 2 atom stereocenters. The summed E-state index contributed by atoms with van der Waals surface area (Å²) < 4.78 is 16.3. The minimum atomic E-state index is -0.550. The fourth-order valence-electron chi connectivity index (χ4n) is 2.46. The molecule has 1 aromatic carbocycles. The Hall–Kier alpha value is -1.83. The van der Waals surface area contributed by atoms with Gasteiger partial charge in [-0.05, 0) is 31.0 Å². The maximum Gasteiger partial charge on any atom is 0.251 e. The number of hydrogen-bond donors (Lipinski definition) is 2. The zero-order valence-corrected chi connectivity index (χ0v) is 14.9. The van der Waals surface area contributed by atoms with Crippen LogP contribution in [0.4, 0.5) is 0 Å². The van der Waals surface area contributed by atoms with Crippen molar-refractivity contribution in [2.45, 2.75) is 31.9 Å². The molecule has 7 nitrogen and oxygen atoms in total. The number of primary amides is 1. The molecule has 8 heteroatoms. The van der Waals surface area contributed by atoms with E-state index in [1.807, 2.05) is 6.92 Å². The molecule has 0 spiro atoms. The van der Waals surface area contributed by atoms with Crippen LogP contribution in [0, 0.1) is 0 Å². The lowest BCUT2D eigenvalue weighted by atomic mass is 10.1. The minimum Gasteiger partial charge on any atom is -0.492 e. The van der Waals surface area contributed by atoms with E-state index >= 15 is 0 Å². The van der Waals surface area contributed by atoms with Gasteiger partial charge in [-0.3, -0.25) is 9.59 Å². The number of carbonyl (C=O) groups is 2. The van der Waals surface area contributed by atoms with E-state index in [0.29, 0.717) is 42.6 Å². The standard InChI is InChI=1S/C17H23ClN2O5/c1-2-6-24-14-4-3-11(8-12(14)18)17(22)20-13-9-23-7-5-15(13)25-10-16(19)21/h3-4,8,13,15H,2,5-7,9-10H2,1H3,(H2,19,21)(H,20,22)/t13-,15+/m1/s1. The van der Waals surface area contributed by atoms with Crippen molar-refractivity contribution in [1.82, 2.24) is 5.32 Å². The quantitative estimate of drug-likeness (QED) is 0.722. The zero-order valence-electron chi connectivity index (χ0n) is 14.1. The van der Waals surface area contributed by atoms with Gasteiger partial charge in [0.2, 0.25) is 5.91 Å². The van der Waals surface area contributed by atoms with Crippen molar-refractivity contribution in [3.05, 3.63) is 28.8 Å². The van der Waals surface area contributed by atoms with E-state index in [9.17, 15) is 9.59 Å². The Morgan fingerprint density at radius 2 is 2.24 bits per heavy atom. The Morgan fingerprint density at radius 3 is 2.92 bits per heavy atom. The SMILES string of the molecule is CCCOc1ccc(C(=O)N[C@@H]2COCC[C@@H]2OCC(N)=O)cc1Cl. The van der Waals surface area contributed by atoms with Crippen molar-refractivity contribution in [3.63, 3.8) is 0 Å². The molecule has 3 N–H and O–H groups in total. The third-order valence-corrected chi connectivity index (χ3v) is 4.00. The molecule has 0 aromatic heterocycles. The predicted molar refractivity (Wildman–Crippen MR) is 92.9 cm³/mol. The number of carbonyl (C=O) groups excluding carboxylic acids is 2. The average molecular weight is 371 g/mol. The molecule has 2 rings (SSSR count). The third-order valence-electron chi connectivity index (χ3n) is 3.70. The molecule has 0 bridgehead atoms. The second-order valence-corrected chi connectivity index (χ2v) is 6.16. The Bertz CT molecular complexity index is 611. The lowest BCUT2D eigenvalue weighted by molar-refractivity contribution is -0.128. The van der Waals surface area contributed by atoms with Gasteiger partial charge in [-0.1, -0.05) is 18.5 Å².